The quantitative estimate of drug-likeness (QED) is 0.906. The zero-order valence-corrected chi connectivity index (χ0v) is 12.3. The van der Waals surface area contributed by atoms with Gasteiger partial charge in [0.05, 0.1) is 6.54 Å². The van der Waals surface area contributed by atoms with Crippen LogP contribution in [0.3, 0.4) is 0 Å². The monoisotopic (exact) mass is 288 g/mol. The molecule has 0 aromatic heterocycles. The molecule has 2 aliphatic heterocycles. The van der Waals surface area contributed by atoms with E-state index in [9.17, 15) is 9.59 Å². The zero-order valence-electron chi connectivity index (χ0n) is 12.3. The third-order valence-electron chi connectivity index (χ3n) is 4.27. The lowest BCUT2D eigenvalue weighted by Gasteiger charge is -2.38. The van der Waals surface area contributed by atoms with Crippen LogP contribution in [0.5, 0.6) is 5.75 Å². The Labute approximate surface area is 124 Å². The van der Waals surface area contributed by atoms with Crippen molar-refractivity contribution in [2.24, 2.45) is 0 Å². The first-order valence-electron chi connectivity index (χ1n) is 7.45. The lowest BCUT2D eigenvalue weighted by Crippen LogP contribution is -2.63. The fraction of sp³-hybridized carbons (Fsp3) is 0.500. The summed E-state index contributed by atoms with van der Waals surface area (Å²) in [5.41, 5.74) is 1.16. The van der Waals surface area contributed by atoms with E-state index in [0.29, 0.717) is 13.0 Å². The van der Waals surface area contributed by atoms with Crippen molar-refractivity contribution in [2.45, 2.75) is 44.9 Å². The van der Waals surface area contributed by atoms with Crippen molar-refractivity contribution in [2.75, 3.05) is 6.54 Å². The molecule has 3 atom stereocenters. The van der Waals surface area contributed by atoms with Gasteiger partial charge < -0.3 is 15.0 Å². The van der Waals surface area contributed by atoms with Crippen LogP contribution in [0, 0.1) is 0 Å². The molecule has 2 heterocycles. The smallest absolute Gasteiger partial charge is 0.245 e. The van der Waals surface area contributed by atoms with E-state index in [1.807, 2.05) is 31.2 Å². The van der Waals surface area contributed by atoms with Gasteiger partial charge in [0, 0.05) is 6.42 Å². The first-order chi connectivity index (χ1) is 10.1. The number of benzene rings is 1. The topological polar surface area (TPSA) is 58.6 Å². The van der Waals surface area contributed by atoms with Crippen LogP contribution < -0.4 is 10.1 Å². The van der Waals surface area contributed by atoms with Gasteiger partial charge in [0.25, 0.3) is 0 Å². The Bertz CT molecular complexity index is 547. The molecule has 3 unspecified atom stereocenters. The number of para-hydroxylation sites is 1. The Kier molecular flexibility index (Phi) is 3.57. The molecule has 5 nitrogen and oxygen atoms in total. The molecular weight excluding hydrogens is 268 g/mol. The summed E-state index contributed by atoms with van der Waals surface area (Å²) >= 11 is 0. The van der Waals surface area contributed by atoms with Gasteiger partial charge >= 0.3 is 0 Å². The van der Waals surface area contributed by atoms with Crippen molar-refractivity contribution in [3.63, 3.8) is 0 Å². The van der Waals surface area contributed by atoms with Crippen molar-refractivity contribution in [3.05, 3.63) is 29.8 Å². The Hall–Kier alpha value is -2.04. The first kappa shape index (κ1) is 13.9. The number of carbonyl (C=O) groups is 2. The van der Waals surface area contributed by atoms with Gasteiger partial charge in [-0.15, -0.1) is 0 Å². The van der Waals surface area contributed by atoms with Gasteiger partial charge in [0.2, 0.25) is 11.8 Å². The molecule has 1 N–H and O–H groups in total. The number of rotatable bonds is 3. The van der Waals surface area contributed by atoms with Gasteiger partial charge in [-0.2, -0.15) is 0 Å². The highest BCUT2D eigenvalue weighted by Crippen LogP contribution is 2.29. The van der Waals surface area contributed by atoms with Crippen molar-refractivity contribution >= 4 is 11.8 Å². The minimum absolute atomic E-state index is 0.0100. The fourth-order valence-corrected chi connectivity index (χ4v) is 2.99. The lowest BCUT2D eigenvalue weighted by molar-refractivity contribution is -0.149. The third-order valence-corrected chi connectivity index (χ3v) is 4.27. The van der Waals surface area contributed by atoms with E-state index in [2.05, 4.69) is 5.32 Å². The SMILES string of the molecule is CCC1NC(=O)C(C)N(CC2Cc3ccccc3O2)C1=O. The highest BCUT2D eigenvalue weighted by atomic mass is 16.5. The van der Waals surface area contributed by atoms with E-state index in [1.54, 1.807) is 11.8 Å². The number of hydrogen-bond donors (Lipinski definition) is 1. The largest absolute Gasteiger partial charge is 0.488 e. The van der Waals surface area contributed by atoms with E-state index in [1.165, 1.54) is 0 Å². The number of nitrogens with one attached hydrogen (secondary N) is 1. The summed E-state index contributed by atoms with van der Waals surface area (Å²) in [5, 5.41) is 2.77. The molecule has 0 saturated carbocycles. The second-order valence-corrected chi connectivity index (χ2v) is 5.69. The lowest BCUT2D eigenvalue weighted by atomic mass is 10.0. The van der Waals surface area contributed by atoms with Crippen LogP contribution in [0.15, 0.2) is 24.3 Å². The average Bonchev–Trinajstić information content (AvgIpc) is 2.89. The molecule has 3 rings (SSSR count). The Balaban J connectivity index is 1.72. The van der Waals surface area contributed by atoms with E-state index in [0.717, 1.165) is 17.7 Å². The Morgan fingerprint density at radius 1 is 1.33 bits per heavy atom. The molecule has 1 saturated heterocycles. The van der Waals surface area contributed by atoms with Crippen LogP contribution in [0.1, 0.15) is 25.8 Å². The molecule has 0 aliphatic carbocycles. The van der Waals surface area contributed by atoms with Crippen LogP contribution in [-0.2, 0) is 16.0 Å². The summed E-state index contributed by atoms with van der Waals surface area (Å²) in [4.78, 5) is 26.1. The zero-order chi connectivity index (χ0) is 15.0. The summed E-state index contributed by atoms with van der Waals surface area (Å²) in [6.07, 6.45) is 1.32. The predicted molar refractivity (Wildman–Crippen MR) is 78.0 cm³/mol. The van der Waals surface area contributed by atoms with Crippen molar-refractivity contribution in [1.29, 1.82) is 0 Å². The van der Waals surface area contributed by atoms with Gasteiger partial charge in [0.1, 0.15) is 23.9 Å². The first-order valence-corrected chi connectivity index (χ1v) is 7.45. The molecular formula is C16H20N2O3. The molecule has 1 fully saturated rings. The summed E-state index contributed by atoms with van der Waals surface area (Å²) in [6.45, 7) is 4.12. The van der Waals surface area contributed by atoms with Crippen molar-refractivity contribution in [1.82, 2.24) is 10.2 Å². The minimum Gasteiger partial charge on any atom is -0.488 e. The van der Waals surface area contributed by atoms with Crippen LogP contribution in [-0.4, -0.2) is 41.4 Å². The van der Waals surface area contributed by atoms with Crippen LogP contribution in [0.4, 0.5) is 0 Å². The number of nitrogens with zero attached hydrogens (tertiary/aromatic N) is 1. The van der Waals surface area contributed by atoms with Crippen LogP contribution in [0.25, 0.3) is 0 Å². The van der Waals surface area contributed by atoms with Gasteiger partial charge in [-0.05, 0) is 25.0 Å². The molecule has 1 aromatic carbocycles. The molecule has 0 radical (unpaired) electrons. The predicted octanol–water partition coefficient (Wildman–Crippen LogP) is 1.12. The third kappa shape index (κ3) is 2.48. The molecule has 5 heteroatoms. The number of fused-ring (bicyclic) bond motifs is 1. The standard InChI is InChI=1S/C16H20N2O3/c1-3-13-16(20)18(10(2)15(19)17-13)9-12-8-11-6-4-5-7-14(11)21-12/h4-7,10,12-13H,3,8-9H2,1-2H3,(H,17,19). The molecule has 0 bridgehead atoms. The molecule has 2 amide bonds. The van der Waals surface area contributed by atoms with Crippen molar-refractivity contribution in [3.8, 4) is 5.75 Å². The maximum atomic E-state index is 12.4. The molecule has 21 heavy (non-hydrogen) atoms. The van der Waals surface area contributed by atoms with Gasteiger partial charge in [-0.3, -0.25) is 9.59 Å². The molecule has 2 aliphatic rings. The number of ether oxygens (including phenoxy) is 1. The Morgan fingerprint density at radius 3 is 2.81 bits per heavy atom. The molecule has 0 spiro atoms. The summed E-state index contributed by atoms with van der Waals surface area (Å²) in [6, 6.07) is 7.07. The average molecular weight is 288 g/mol. The molecule has 1 aromatic rings. The second-order valence-electron chi connectivity index (χ2n) is 5.69. The van der Waals surface area contributed by atoms with Crippen LogP contribution >= 0.6 is 0 Å². The minimum atomic E-state index is -0.437. The van der Waals surface area contributed by atoms with E-state index in [4.69, 9.17) is 4.74 Å². The Morgan fingerprint density at radius 2 is 2.10 bits per heavy atom. The van der Waals surface area contributed by atoms with E-state index in [-0.39, 0.29) is 17.9 Å². The van der Waals surface area contributed by atoms with E-state index < -0.39 is 12.1 Å². The van der Waals surface area contributed by atoms with Crippen molar-refractivity contribution < 1.29 is 14.3 Å². The summed E-state index contributed by atoms with van der Waals surface area (Å²) < 4.78 is 5.88. The van der Waals surface area contributed by atoms with Crippen LogP contribution in [0.2, 0.25) is 0 Å². The van der Waals surface area contributed by atoms with E-state index >= 15 is 0 Å². The number of carbonyl (C=O) groups excluding carboxylic acids is 2. The highest BCUT2D eigenvalue weighted by molar-refractivity contribution is 5.96. The summed E-state index contributed by atoms with van der Waals surface area (Å²) in [7, 11) is 0. The number of piperazine rings is 1. The molecule has 112 valence electrons. The van der Waals surface area contributed by atoms with Gasteiger partial charge in [0.15, 0.2) is 0 Å². The van der Waals surface area contributed by atoms with Gasteiger partial charge in [-0.1, -0.05) is 25.1 Å². The fourth-order valence-electron chi connectivity index (χ4n) is 2.99. The second kappa shape index (κ2) is 5.39. The number of amides is 2. The maximum Gasteiger partial charge on any atom is 0.245 e. The maximum absolute atomic E-state index is 12.4. The number of hydrogen-bond acceptors (Lipinski definition) is 3. The highest BCUT2D eigenvalue weighted by Gasteiger charge is 2.39. The normalized spacial score (nSPS) is 28.1. The summed E-state index contributed by atoms with van der Waals surface area (Å²) in [5.74, 6) is 0.789. The van der Waals surface area contributed by atoms with Gasteiger partial charge in [-0.25, -0.2) is 0 Å².